The summed E-state index contributed by atoms with van der Waals surface area (Å²) < 4.78 is 4.86. The molecule has 0 aliphatic rings. The predicted octanol–water partition coefficient (Wildman–Crippen LogP) is 5.58. The molecule has 164 valence electrons. The van der Waals surface area contributed by atoms with E-state index in [2.05, 4.69) is 63.4 Å². The summed E-state index contributed by atoms with van der Waals surface area (Å²) in [6, 6.07) is 13.9. The third-order valence-corrected chi connectivity index (χ3v) is 6.84. The van der Waals surface area contributed by atoms with Crippen LogP contribution < -0.4 is 5.32 Å². The van der Waals surface area contributed by atoms with E-state index in [4.69, 9.17) is 0 Å². The predicted molar refractivity (Wildman–Crippen MR) is 131 cm³/mol. The van der Waals surface area contributed by atoms with Crippen LogP contribution in [0.2, 0.25) is 0 Å². The van der Waals surface area contributed by atoms with Gasteiger partial charge >= 0.3 is 0 Å². The summed E-state index contributed by atoms with van der Waals surface area (Å²) in [7, 11) is 1.91. The Hall–Kier alpha value is -3.19. The van der Waals surface area contributed by atoms with Crippen molar-refractivity contribution in [3.8, 4) is 11.3 Å². The van der Waals surface area contributed by atoms with Gasteiger partial charge in [-0.15, -0.1) is 0 Å². The van der Waals surface area contributed by atoms with Gasteiger partial charge in [0.1, 0.15) is 0 Å². The first kappa shape index (κ1) is 22.0. The monoisotopic (exact) mass is 491 g/mol. The van der Waals surface area contributed by atoms with Crippen molar-refractivity contribution in [2.24, 2.45) is 7.05 Å². The van der Waals surface area contributed by atoms with Crippen LogP contribution in [0.25, 0.3) is 11.3 Å². The lowest BCUT2D eigenvalue weighted by molar-refractivity contribution is 0.102. The Kier molecular flexibility index (Phi) is 6.02. The van der Waals surface area contributed by atoms with Crippen molar-refractivity contribution in [1.82, 2.24) is 19.3 Å². The molecule has 0 radical (unpaired) electrons. The van der Waals surface area contributed by atoms with Crippen molar-refractivity contribution in [3.63, 3.8) is 0 Å². The molecule has 0 bridgehead atoms. The van der Waals surface area contributed by atoms with Gasteiger partial charge in [-0.05, 0) is 73.0 Å². The molecule has 1 amide bonds. The van der Waals surface area contributed by atoms with Crippen LogP contribution in [0.3, 0.4) is 0 Å². The van der Waals surface area contributed by atoms with Crippen molar-refractivity contribution in [3.05, 3.63) is 86.8 Å². The van der Waals surface area contributed by atoms with Gasteiger partial charge in [0.2, 0.25) is 5.95 Å². The van der Waals surface area contributed by atoms with Gasteiger partial charge in [-0.2, -0.15) is 5.10 Å². The van der Waals surface area contributed by atoms with Gasteiger partial charge in [0, 0.05) is 18.2 Å². The molecule has 0 aliphatic carbocycles. The zero-order chi connectivity index (χ0) is 23.0. The zero-order valence-electron chi connectivity index (χ0n) is 18.9. The molecular weight excluding hydrogens is 466 g/mol. The number of carbonyl (C=O) groups excluding carboxylic acids is 1. The number of carbonyl (C=O) groups is 1. The Morgan fingerprint density at radius 2 is 1.88 bits per heavy atom. The summed E-state index contributed by atoms with van der Waals surface area (Å²) in [5.74, 6) is 0.321. The van der Waals surface area contributed by atoms with E-state index < -0.39 is 0 Å². The Labute approximate surface area is 196 Å². The van der Waals surface area contributed by atoms with Gasteiger partial charge in [0.05, 0.1) is 34.3 Å². The van der Waals surface area contributed by atoms with E-state index in [-0.39, 0.29) is 5.91 Å². The van der Waals surface area contributed by atoms with Crippen LogP contribution in [0.1, 0.15) is 38.4 Å². The molecule has 0 fully saturated rings. The highest BCUT2D eigenvalue weighted by Gasteiger charge is 2.15. The topological polar surface area (TPSA) is 64.7 Å². The Morgan fingerprint density at radius 1 is 1.09 bits per heavy atom. The number of nitrogens with zero attached hydrogens (tertiary/aromatic N) is 4. The van der Waals surface area contributed by atoms with Crippen LogP contribution in [0.4, 0.5) is 5.95 Å². The third-order valence-electron chi connectivity index (χ3n) is 5.70. The largest absolute Gasteiger partial charge is 0.313 e. The minimum atomic E-state index is -0.192. The standard InChI is InChI=1S/C25H26BrN5O/c1-15-9-10-16(2)21(11-15)22-13-27-25(30(22)5)28-24(32)20-8-6-7-19(12-20)14-31-18(4)23(26)17(3)29-31/h6-13H,14H2,1-5H3,(H,27,28,32). The van der Waals surface area contributed by atoms with Gasteiger partial charge < -0.3 is 4.57 Å². The maximum Gasteiger partial charge on any atom is 0.257 e. The van der Waals surface area contributed by atoms with Gasteiger partial charge in [0.15, 0.2) is 0 Å². The molecule has 0 saturated carbocycles. The third kappa shape index (κ3) is 4.25. The second-order valence-electron chi connectivity index (χ2n) is 8.14. The van der Waals surface area contributed by atoms with E-state index in [9.17, 15) is 4.79 Å². The maximum absolute atomic E-state index is 13.0. The molecule has 0 saturated heterocycles. The van der Waals surface area contributed by atoms with Crippen molar-refractivity contribution < 1.29 is 4.79 Å². The number of benzene rings is 2. The Balaban J connectivity index is 1.55. The first-order chi connectivity index (χ1) is 15.2. The van der Waals surface area contributed by atoms with Gasteiger partial charge in [-0.3, -0.25) is 14.8 Å². The summed E-state index contributed by atoms with van der Waals surface area (Å²) >= 11 is 3.57. The molecule has 0 unspecified atom stereocenters. The lowest BCUT2D eigenvalue weighted by atomic mass is 10.0. The lowest BCUT2D eigenvalue weighted by Gasteiger charge is -2.11. The molecule has 6 nitrogen and oxygen atoms in total. The summed E-state index contributed by atoms with van der Waals surface area (Å²) in [5, 5.41) is 7.51. The first-order valence-corrected chi connectivity index (χ1v) is 11.2. The molecule has 0 aliphatic heterocycles. The molecule has 1 N–H and O–H groups in total. The molecular formula is C25H26BrN5O. The van der Waals surface area contributed by atoms with Crippen molar-refractivity contribution in [2.45, 2.75) is 34.2 Å². The smallest absolute Gasteiger partial charge is 0.257 e. The van der Waals surface area contributed by atoms with E-state index in [1.165, 1.54) is 11.1 Å². The normalized spacial score (nSPS) is 11.1. The van der Waals surface area contributed by atoms with E-state index in [0.29, 0.717) is 18.1 Å². The average molecular weight is 492 g/mol. The van der Waals surface area contributed by atoms with Crippen molar-refractivity contribution >= 4 is 27.8 Å². The van der Waals surface area contributed by atoms with E-state index in [1.807, 2.05) is 54.4 Å². The van der Waals surface area contributed by atoms with E-state index in [1.54, 1.807) is 6.20 Å². The lowest BCUT2D eigenvalue weighted by Crippen LogP contribution is -2.16. The highest BCUT2D eigenvalue weighted by atomic mass is 79.9. The molecule has 0 spiro atoms. The van der Waals surface area contributed by atoms with Crippen LogP contribution in [0.15, 0.2) is 53.1 Å². The van der Waals surface area contributed by atoms with Crippen LogP contribution in [-0.2, 0) is 13.6 Å². The zero-order valence-corrected chi connectivity index (χ0v) is 20.5. The number of aryl methyl sites for hydroxylation is 3. The van der Waals surface area contributed by atoms with Crippen LogP contribution in [-0.4, -0.2) is 25.2 Å². The van der Waals surface area contributed by atoms with Gasteiger partial charge in [-0.1, -0.05) is 29.8 Å². The van der Waals surface area contributed by atoms with Crippen molar-refractivity contribution in [2.75, 3.05) is 5.32 Å². The second kappa shape index (κ2) is 8.74. The van der Waals surface area contributed by atoms with Gasteiger partial charge in [-0.25, -0.2) is 4.98 Å². The molecule has 2 aromatic carbocycles. The first-order valence-electron chi connectivity index (χ1n) is 10.4. The average Bonchev–Trinajstić information content (AvgIpc) is 3.24. The molecule has 4 rings (SSSR count). The SMILES string of the molecule is Cc1ccc(C)c(-c2cnc(NC(=O)c3cccc(Cn4nc(C)c(Br)c4C)c3)n2C)c1. The number of hydrogen-bond acceptors (Lipinski definition) is 3. The quantitative estimate of drug-likeness (QED) is 0.396. The fourth-order valence-corrected chi connectivity index (χ4v) is 4.06. The molecule has 0 atom stereocenters. The summed E-state index contributed by atoms with van der Waals surface area (Å²) in [6.45, 7) is 8.73. The number of hydrogen-bond donors (Lipinski definition) is 1. The second-order valence-corrected chi connectivity index (χ2v) is 8.93. The minimum Gasteiger partial charge on any atom is -0.313 e. The number of anilines is 1. The molecule has 2 aromatic heterocycles. The summed E-state index contributed by atoms with van der Waals surface area (Å²) in [6.07, 6.45) is 1.80. The molecule has 2 heterocycles. The Bertz CT molecular complexity index is 1320. The molecule has 7 heteroatoms. The summed E-state index contributed by atoms with van der Waals surface area (Å²) in [4.78, 5) is 17.4. The number of aromatic nitrogens is 4. The fourth-order valence-electron chi connectivity index (χ4n) is 3.77. The van der Waals surface area contributed by atoms with E-state index in [0.717, 1.165) is 32.7 Å². The highest BCUT2D eigenvalue weighted by molar-refractivity contribution is 9.10. The van der Waals surface area contributed by atoms with Crippen LogP contribution in [0, 0.1) is 27.7 Å². The van der Waals surface area contributed by atoms with Gasteiger partial charge in [0.25, 0.3) is 5.91 Å². The number of imidazole rings is 1. The molecule has 4 aromatic rings. The maximum atomic E-state index is 13.0. The number of halogens is 1. The van der Waals surface area contributed by atoms with Crippen LogP contribution >= 0.6 is 15.9 Å². The Morgan fingerprint density at radius 3 is 2.59 bits per heavy atom. The number of amides is 1. The number of nitrogens with one attached hydrogen (secondary N) is 1. The highest BCUT2D eigenvalue weighted by Crippen LogP contribution is 2.26. The fraction of sp³-hybridized carbons (Fsp3) is 0.240. The van der Waals surface area contributed by atoms with Crippen LogP contribution in [0.5, 0.6) is 0 Å². The number of rotatable bonds is 5. The summed E-state index contributed by atoms with van der Waals surface area (Å²) in [5.41, 5.74) is 8.02. The molecule has 32 heavy (non-hydrogen) atoms. The minimum absolute atomic E-state index is 0.192. The van der Waals surface area contributed by atoms with Crippen molar-refractivity contribution in [1.29, 1.82) is 0 Å². The van der Waals surface area contributed by atoms with E-state index >= 15 is 0 Å².